The van der Waals surface area contributed by atoms with E-state index in [2.05, 4.69) is 6.07 Å². The van der Waals surface area contributed by atoms with Crippen LogP contribution in [0.25, 0.3) is 0 Å². The van der Waals surface area contributed by atoms with E-state index in [1.165, 1.54) is 0 Å². The molecule has 0 saturated heterocycles. The van der Waals surface area contributed by atoms with Crippen molar-refractivity contribution in [3.63, 3.8) is 0 Å². The smallest absolute Gasteiger partial charge is 0.338 e. The first kappa shape index (κ1) is 15.4. The van der Waals surface area contributed by atoms with Crippen LogP contribution in [-0.4, -0.2) is 19.2 Å². The maximum absolute atomic E-state index is 12.2. The molecule has 0 bridgehead atoms. The molecule has 0 spiro atoms. The zero-order chi connectivity index (χ0) is 16.2. The van der Waals surface area contributed by atoms with Gasteiger partial charge in [0.1, 0.15) is 6.61 Å². The molecule has 1 heterocycles. The molecule has 23 heavy (non-hydrogen) atoms. The molecule has 0 unspecified atom stereocenters. The minimum Gasteiger partial charge on any atom is -0.490 e. The number of hydrogen-bond acceptors (Lipinski definition) is 4. The van der Waals surface area contributed by atoms with E-state index in [-0.39, 0.29) is 12.6 Å². The molecule has 4 heteroatoms. The number of hydrogen-bond donors (Lipinski definition) is 0. The lowest BCUT2D eigenvalue weighted by Crippen LogP contribution is -2.06. The summed E-state index contributed by atoms with van der Waals surface area (Å²) >= 11 is 0. The molecule has 0 aromatic heterocycles. The Bertz CT molecular complexity index is 701. The van der Waals surface area contributed by atoms with Crippen molar-refractivity contribution in [3.05, 3.63) is 58.7 Å². The summed E-state index contributed by atoms with van der Waals surface area (Å²) in [6, 6.07) is 11.3. The first-order valence-electron chi connectivity index (χ1n) is 7.76. The SMILES string of the molecule is Cc1cc(C)cc(COC(=O)c2ccc3c(c2)OCCCO3)c1. The normalized spacial score (nSPS) is 13.3. The average molecular weight is 312 g/mol. The molecule has 1 aliphatic heterocycles. The number of carbonyl (C=O) groups excluding carboxylic acids is 1. The summed E-state index contributed by atoms with van der Waals surface area (Å²) in [5.74, 6) is 0.913. The third-order valence-corrected chi connectivity index (χ3v) is 3.63. The lowest BCUT2D eigenvalue weighted by Gasteiger charge is -2.10. The Kier molecular flexibility index (Phi) is 4.51. The second kappa shape index (κ2) is 6.73. The van der Waals surface area contributed by atoms with Crippen LogP contribution in [0.5, 0.6) is 11.5 Å². The van der Waals surface area contributed by atoms with Crippen molar-refractivity contribution in [2.75, 3.05) is 13.2 Å². The number of ether oxygens (including phenoxy) is 3. The van der Waals surface area contributed by atoms with Crippen LogP contribution in [0.1, 0.15) is 33.5 Å². The molecule has 2 aromatic carbocycles. The van der Waals surface area contributed by atoms with Gasteiger partial charge < -0.3 is 14.2 Å². The van der Waals surface area contributed by atoms with Crippen LogP contribution in [0, 0.1) is 13.8 Å². The second-order valence-corrected chi connectivity index (χ2v) is 5.78. The fourth-order valence-corrected chi connectivity index (χ4v) is 2.67. The lowest BCUT2D eigenvalue weighted by molar-refractivity contribution is 0.0472. The second-order valence-electron chi connectivity index (χ2n) is 5.78. The fraction of sp³-hybridized carbons (Fsp3) is 0.316. The molecule has 2 aromatic rings. The largest absolute Gasteiger partial charge is 0.490 e. The van der Waals surface area contributed by atoms with Crippen molar-refractivity contribution >= 4 is 5.97 Å². The van der Waals surface area contributed by atoms with Crippen molar-refractivity contribution in [2.45, 2.75) is 26.9 Å². The van der Waals surface area contributed by atoms with Crippen molar-refractivity contribution in [1.82, 2.24) is 0 Å². The van der Waals surface area contributed by atoms with Gasteiger partial charge in [0, 0.05) is 6.42 Å². The van der Waals surface area contributed by atoms with Gasteiger partial charge in [0.25, 0.3) is 0 Å². The standard InChI is InChI=1S/C19H20O4/c1-13-8-14(2)10-15(9-13)12-23-19(20)16-4-5-17-18(11-16)22-7-3-6-21-17/h4-5,8-11H,3,6-7,12H2,1-2H3. The average Bonchev–Trinajstić information content (AvgIpc) is 2.76. The highest BCUT2D eigenvalue weighted by atomic mass is 16.5. The Morgan fingerprint density at radius 2 is 1.70 bits per heavy atom. The summed E-state index contributed by atoms with van der Waals surface area (Å²) in [4.78, 5) is 12.2. The maximum atomic E-state index is 12.2. The minimum absolute atomic E-state index is 0.260. The van der Waals surface area contributed by atoms with E-state index in [1.807, 2.05) is 26.0 Å². The number of aryl methyl sites for hydroxylation is 2. The summed E-state index contributed by atoms with van der Waals surface area (Å²) in [5, 5.41) is 0. The van der Waals surface area contributed by atoms with Gasteiger partial charge in [-0.15, -0.1) is 0 Å². The fourth-order valence-electron chi connectivity index (χ4n) is 2.67. The molecular weight excluding hydrogens is 292 g/mol. The molecule has 3 rings (SSSR count). The van der Waals surface area contributed by atoms with Crippen LogP contribution in [-0.2, 0) is 11.3 Å². The number of fused-ring (bicyclic) bond motifs is 1. The molecule has 0 N–H and O–H groups in total. The Morgan fingerprint density at radius 1 is 1.00 bits per heavy atom. The van der Waals surface area contributed by atoms with Gasteiger partial charge in [0.15, 0.2) is 11.5 Å². The number of benzene rings is 2. The Balaban J connectivity index is 1.69. The number of rotatable bonds is 3. The van der Waals surface area contributed by atoms with Gasteiger partial charge in [-0.3, -0.25) is 0 Å². The Hall–Kier alpha value is -2.49. The molecule has 1 aliphatic rings. The third kappa shape index (κ3) is 3.83. The van der Waals surface area contributed by atoms with Gasteiger partial charge in [0.05, 0.1) is 18.8 Å². The lowest BCUT2D eigenvalue weighted by atomic mass is 10.1. The topological polar surface area (TPSA) is 44.8 Å². The van der Waals surface area contributed by atoms with Crippen molar-refractivity contribution in [3.8, 4) is 11.5 Å². The van der Waals surface area contributed by atoms with Crippen LogP contribution in [0.3, 0.4) is 0 Å². The van der Waals surface area contributed by atoms with E-state index in [4.69, 9.17) is 14.2 Å². The predicted octanol–water partition coefficient (Wildman–Crippen LogP) is 3.82. The molecule has 120 valence electrons. The van der Waals surface area contributed by atoms with Gasteiger partial charge >= 0.3 is 5.97 Å². The van der Waals surface area contributed by atoms with E-state index in [0.29, 0.717) is 30.3 Å². The molecule has 0 aliphatic carbocycles. The van der Waals surface area contributed by atoms with Gasteiger partial charge in [-0.25, -0.2) is 4.79 Å². The van der Waals surface area contributed by atoms with E-state index in [0.717, 1.165) is 23.1 Å². The molecule has 0 saturated carbocycles. The van der Waals surface area contributed by atoms with Crippen LogP contribution in [0.2, 0.25) is 0 Å². The highest BCUT2D eigenvalue weighted by molar-refractivity contribution is 5.90. The molecule has 0 atom stereocenters. The summed E-state index contributed by atoms with van der Waals surface area (Å²) in [7, 11) is 0. The van der Waals surface area contributed by atoms with E-state index in [1.54, 1.807) is 18.2 Å². The van der Waals surface area contributed by atoms with Gasteiger partial charge in [-0.05, 0) is 37.6 Å². The van der Waals surface area contributed by atoms with Crippen LogP contribution < -0.4 is 9.47 Å². The zero-order valence-corrected chi connectivity index (χ0v) is 13.4. The van der Waals surface area contributed by atoms with Crippen molar-refractivity contribution < 1.29 is 19.0 Å². The highest BCUT2D eigenvalue weighted by Crippen LogP contribution is 2.30. The van der Waals surface area contributed by atoms with Crippen LogP contribution >= 0.6 is 0 Å². The molecule has 0 amide bonds. The summed E-state index contributed by atoms with van der Waals surface area (Å²) < 4.78 is 16.6. The molecule has 0 fully saturated rings. The molecule has 4 nitrogen and oxygen atoms in total. The Labute approximate surface area is 136 Å². The van der Waals surface area contributed by atoms with Crippen molar-refractivity contribution in [2.24, 2.45) is 0 Å². The summed E-state index contributed by atoms with van der Waals surface area (Å²) in [5.41, 5.74) is 3.78. The van der Waals surface area contributed by atoms with Gasteiger partial charge in [-0.1, -0.05) is 29.3 Å². The highest BCUT2D eigenvalue weighted by Gasteiger charge is 2.15. The first-order valence-corrected chi connectivity index (χ1v) is 7.76. The van der Waals surface area contributed by atoms with E-state index < -0.39 is 0 Å². The van der Waals surface area contributed by atoms with Crippen LogP contribution in [0.15, 0.2) is 36.4 Å². The number of carbonyl (C=O) groups is 1. The van der Waals surface area contributed by atoms with Gasteiger partial charge in [-0.2, -0.15) is 0 Å². The monoisotopic (exact) mass is 312 g/mol. The van der Waals surface area contributed by atoms with Crippen molar-refractivity contribution in [1.29, 1.82) is 0 Å². The van der Waals surface area contributed by atoms with E-state index in [9.17, 15) is 4.79 Å². The molecule has 0 radical (unpaired) electrons. The van der Waals surface area contributed by atoms with E-state index >= 15 is 0 Å². The summed E-state index contributed by atoms with van der Waals surface area (Å²) in [6.07, 6.45) is 0.834. The van der Waals surface area contributed by atoms with Gasteiger partial charge in [0.2, 0.25) is 0 Å². The van der Waals surface area contributed by atoms with Crippen LogP contribution in [0.4, 0.5) is 0 Å². The Morgan fingerprint density at radius 3 is 2.43 bits per heavy atom. The predicted molar refractivity (Wildman–Crippen MR) is 87.1 cm³/mol. The molecular formula is C19H20O4. The minimum atomic E-state index is -0.361. The first-order chi connectivity index (χ1) is 11.1. The number of esters is 1. The third-order valence-electron chi connectivity index (χ3n) is 3.63. The zero-order valence-electron chi connectivity index (χ0n) is 13.4. The maximum Gasteiger partial charge on any atom is 0.338 e. The summed E-state index contributed by atoms with van der Waals surface area (Å²) in [6.45, 7) is 5.54. The quantitative estimate of drug-likeness (QED) is 0.808.